The lowest BCUT2D eigenvalue weighted by Gasteiger charge is -2.35. The van der Waals surface area contributed by atoms with E-state index in [1.807, 2.05) is 7.05 Å². The number of hydrogen-bond donors (Lipinski definition) is 1. The van der Waals surface area contributed by atoms with Gasteiger partial charge in [0.25, 0.3) is 0 Å². The van der Waals surface area contributed by atoms with Crippen molar-refractivity contribution < 1.29 is 9.47 Å². The lowest BCUT2D eigenvalue weighted by Crippen LogP contribution is -2.49. The van der Waals surface area contributed by atoms with Crippen LogP contribution in [-0.4, -0.2) is 64.0 Å². The molecule has 1 aliphatic rings. The number of nitrogens with one attached hydrogen (secondary N) is 1. The molecule has 0 saturated carbocycles. The lowest BCUT2D eigenvalue weighted by atomic mass is 9.85. The van der Waals surface area contributed by atoms with E-state index in [4.69, 9.17) is 9.47 Å². The number of aliphatic imine (C=N–C) groups is 1. The van der Waals surface area contributed by atoms with Gasteiger partial charge in [0, 0.05) is 56.9 Å². The van der Waals surface area contributed by atoms with Crippen LogP contribution in [0.15, 0.2) is 33.7 Å². The predicted octanol–water partition coefficient (Wildman–Crippen LogP) is 4.44. The number of halogens is 2. The maximum Gasteiger partial charge on any atom is 0.193 e. The maximum atomic E-state index is 5.96. The summed E-state index contributed by atoms with van der Waals surface area (Å²) in [4.78, 5) is 6.84. The van der Waals surface area contributed by atoms with Gasteiger partial charge in [0.05, 0.1) is 6.10 Å². The molecule has 0 spiro atoms. The molecular formula is C21H35BrIN3O2. The molecule has 1 saturated heterocycles. The minimum absolute atomic E-state index is 0. The fraction of sp³-hybridized carbons (Fsp3) is 0.667. The van der Waals surface area contributed by atoms with E-state index in [1.165, 1.54) is 5.56 Å². The normalized spacial score (nSPS) is 16.0. The van der Waals surface area contributed by atoms with E-state index >= 15 is 0 Å². The van der Waals surface area contributed by atoms with Gasteiger partial charge in [-0.1, -0.05) is 41.9 Å². The first-order valence-corrected chi connectivity index (χ1v) is 10.6. The quantitative estimate of drug-likeness (QED) is 0.218. The van der Waals surface area contributed by atoms with Crippen LogP contribution in [0.25, 0.3) is 0 Å². The minimum Gasteiger partial charge on any atom is -0.385 e. The Morgan fingerprint density at radius 2 is 1.86 bits per heavy atom. The number of benzene rings is 1. The van der Waals surface area contributed by atoms with Gasteiger partial charge in [0.2, 0.25) is 0 Å². The summed E-state index contributed by atoms with van der Waals surface area (Å²) in [6.07, 6.45) is 3.41. The minimum atomic E-state index is 0. The highest BCUT2D eigenvalue weighted by Crippen LogP contribution is 2.24. The molecule has 7 heteroatoms. The van der Waals surface area contributed by atoms with Gasteiger partial charge < -0.3 is 19.7 Å². The third-order valence-corrected chi connectivity index (χ3v) is 5.64. The van der Waals surface area contributed by atoms with Crippen molar-refractivity contribution in [3.8, 4) is 0 Å². The Labute approximate surface area is 195 Å². The molecule has 0 radical (unpaired) electrons. The van der Waals surface area contributed by atoms with Crippen LogP contribution in [0, 0.1) is 0 Å². The number of rotatable bonds is 8. The zero-order valence-corrected chi connectivity index (χ0v) is 21.5. The fourth-order valence-corrected chi connectivity index (χ4v) is 3.59. The highest BCUT2D eigenvalue weighted by Gasteiger charge is 2.25. The van der Waals surface area contributed by atoms with Crippen molar-refractivity contribution in [3.63, 3.8) is 0 Å². The molecular weight excluding hydrogens is 533 g/mol. The van der Waals surface area contributed by atoms with Gasteiger partial charge in [-0.3, -0.25) is 4.99 Å². The van der Waals surface area contributed by atoms with Crippen molar-refractivity contribution in [3.05, 3.63) is 34.3 Å². The van der Waals surface area contributed by atoms with Gasteiger partial charge in [-0.15, -0.1) is 24.0 Å². The number of guanidine groups is 1. The number of nitrogens with zero attached hydrogens (tertiary/aromatic N) is 2. The van der Waals surface area contributed by atoms with Crippen molar-refractivity contribution in [1.29, 1.82) is 0 Å². The zero-order chi connectivity index (χ0) is 19.7. The SMILES string of the molecule is CN=C(NCC(C)(C)c1ccc(Br)cc1)N1CCC(OCCCOC)CC1.I. The van der Waals surface area contributed by atoms with Gasteiger partial charge in [0.1, 0.15) is 0 Å². The molecule has 1 aliphatic heterocycles. The standard InChI is InChI=1S/C21H34BrN3O2.HI/c1-21(2,17-6-8-18(22)9-7-17)16-24-20(23-3)25-12-10-19(11-13-25)27-15-5-14-26-4;/h6-9,19H,5,10-16H2,1-4H3,(H,23,24);1H. The Morgan fingerprint density at radius 1 is 1.21 bits per heavy atom. The summed E-state index contributed by atoms with van der Waals surface area (Å²) in [5, 5.41) is 3.57. The summed E-state index contributed by atoms with van der Waals surface area (Å²) < 4.78 is 12.1. The van der Waals surface area contributed by atoms with E-state index in [2.05, 4.69) is 69.3 Å². The number of piperidine rings is 1. The first-order chi connectivity index (χ1) is 13.0. The van der Waals surface area contributed by atoms with E-state index < -0.39 is 0 Å². The Morgan fingerprint density at radius 3 is 2.43 bits per heavy atom. The van der Waals surface area contributed by atoms with Crippen LogP contribution < -0.4 is 5.32 Å². The monoisotopic (exact) mass is 567 g/mol. The first-order valence-electron chi connectivity index (χ1n) is 9.78. The summed E-state index contributed by atoms with van der Waals surface area (Å²) in [5.41, 5.74) is 1.34. The Kier molecular flexibility index (Phi) is 11.9. The van der Waals surface area contributed by atoms with Gasteiger partial charge in [0.15, 0.2) is 5.96 Å². The van der Waals surface area contributed by atoms with E-state index in [0.717, 1.165) is 62.5 Å². The highest BCUT2D eigenvalue weighted by molar-refractivity contribution is 14.0. The molecule has 28 heavy (non-hydrogen) atoms. The number of hydrogen-bond acceptors (Lipinski definition) is 3. The summed E-state index contributed by atoms with van der Waals surface area (Å²) in [5.74, 6) is 0.984. The van der Waals surface area contributed by atoms with Gasteiger partial charge in [-0.25, -0.2) is 0 Å². The van der Waals surface area contributed by atoms with Crippen LogP contribution in [-0.2, 0) is 14.9 Å². The van der Waals surface area contributed by atoms with E-state index in [0.29, 0.717) is 6.10 Å². The topological polar surface area (TPSA) is 46.1 Å². The largest absolute Gasteiger partial charge is 0.385 e. The summed E-state index contributed by atoms with van der Waals surface area (Å²) >= 11 is 3.51. The molecule has 1 heterocycles. The van der Waals surface area contributed by atoms with Crippen LogP contribution in [0.4, 0.5) is 0 Å². The molecule has 0 aromatic heterocycles. The smallest absolute Gasteiger partial charge is 0.193 e. The fourth-order valence-electron chi connectivity index (χ4n) is 3.32. The lowest BCUT2D eigenvalue weighted by molar-refractivity contribution is 0.00987. The summed E-state index contributed by atoms with van der Waals surface area (Å²) in [6.45, 7) is 8.87. The average molecular weight is 568 g/mol. The zero-order valence-electron chi connectivity index (χ0n) is 17.5. The van der Waals surface area contributed by atoms with Crippen LogP contribution in [0.3, 0.4) is 0 Å². The molecule has 0 bridgehead atoms. The Balaban J connectivity index is 0.00000392. The third-order valence-electron chi connectivity index (χ3n) is 5.11. The van der Waals surface area contributed by atoms with Crippen molar-refractivity contribution in [2.45, 2.75) is 44.6 Å². The summed E-state index contributed by atoms with van der Waals surface area (Å²) in [6, 6.07) is 8.56. The van der Waals surface area contributed by atoms with Gasteiger partial charge >= 0.3 is 0 Å². The van der Waals surface area contributed by atoms with E-state index in [9.17, 15) is 0 Å². The number of likely N-dealkylation sites (tertiary alicyclic amines) is 1. The molecule has 1 fully saturated rings. The Bertz CT molecular complexity index is 588. The van der Waals surface area contributed by atoms with Gasteiger partial charge in [-0.2, -0.15) is 0 Å². The van der Waals surface area contributed by atoms with Crippen molar-refractivity contribution in [2.75, 3.05) is 47.0 Å². The van der Waals surface area contributed by atoms with E-state index in [-0.39, 0.29) is 29.4 Å². The van der Waals surface area contributed by atoms with Crippen LogP contribution >= 0.6 is 39.9 Å². The molecule has 1 aromatic rings. The molecule has 0 amide bonds. The number of methoxy groups -OCH3 is 1. The predicted molar refractivity (Wildman–Crippen MR) is 131 cm³/mol. The molecule has 160 valence electrons. The molecule has 5 nitrogen and oxygen atoms in total. The van der Waals surface area contributed by atoms with Crippen molar-refractivity contribution in [1.82, 2.24) is 10.2 Å². The maximum absolute atomic E-state index is 5.96. The molecule has 0 atom stereocenters. The van der Waals surface area contributed by atoms with Crippen LogP contribution in [0.1, 0.15) is 38.7 Å². The van der Waals surface area contributed by atoms with Gasteiger partial charge in [-0.05, 0) is 37.0 Å². The second kappa shape index (κ2) is 13.0. The first kappa shape index (κ1) is 25.7. The Hall–Kier alpha value is -0.380. The average Bonchev–Trinajstić information content (AvgIpc) is 2.67. The molecule has 2 rings (SSSR count). The molecule has 0 aliphatic carbocycles. The van der Waals surface area contributed by atoms with Crippen molar-refractivity contribution in [2.24, 2.45) is 4.99 Å². The van der Waals surface area contributed by atoms with Crippen LogP contribution in [0.2, 0.25) is 0 Å². The van der Waals surface area contributed by atoms with E-state index in [1.54, 1.807) is 7.11 Å². The highest BCUT2D eigenvalue weighted by atomic mass is 127. The number of ether oxygens (including phenoxy) is 2. The molecule has 1 N–H and O–H groups in total. The summed E-state index contributed by atoms with van der Waals surface area (Å²) in [7, 11) is 3.59. The second-order valence-electron chi connectivity index (χ2n) is 7.70. The third kappa shape index (κ3) is 8.16. The molecule has 1 aromatic carbocycles. The van der Waals surface area contributed by atoms with Crippen LogP contribution in [0.5, 0.6) is 0 Å². The van der Waals surface area contributed by atoms with Crippen molar-refractivity contribution >= 4 is 45.9 Å². The molecule has 0 unspecified atom stereocenters. The second-order valence-corrected chi connectivity index (χ2v) is 8.61.